The fourth-order valence-corrected chi connectivity index (χ4v) is 4.08. The van der Waals surface area contributed by atoms with Gasteiger partial charge in [-0.05, 0) is 16.7 Å². The minimum Gasteiger partial charge on any atom is -0.394 e. The molecule has 2 aromatic carbocycles. The van der Waals surface area contributed by atoms with E-state index in [0.717, 1.165) is 16.7 Å². The molecule has 1 fully saturated rings. The van der Waals surface area contributed by atoms with E-state index in [9.17, 15) is 14.7 Å². The molecule has 5 nitrogen and oxygen atoms in total. The number of aliphatic hydroxyl groups is 1. The lowest BCUT2D eigenvalue weighted by molar-refractivity contribution is -0.153. The van der Waals surface area contributed by atoms with Crippen LogP contribution in [0, 0.1) is 0 Å². The molecule has 3 rings (SSSR count). The normalized spacial score (nSPS) is 21.1. The number of likely N-dealkylation sites (tertiary alicyclic amines) is 1. The number of carbonyl (C=O) groups is 2. The standard InChI is InChI=1S/C23H28N2O3/c1-4-22(28)25-20(14-24(3)16(2)27)23(21(25)15-26)19-12-10-18(11-13-19)17-8-6-5-7-9-17/h5-13,20-21,23,26H,4,14-15H2,1-3H3/t20-,21+,23-/m0/s1. The van der Waals surface area contributed by atoms with E-state index in [1.54, 1.807) is 16.8 Å². The zero-order valence-electron chi connectivity index (χ0n) is 16.7. The van der Waals surface area contributed by atoms with Gasteiger partial charge < -0.3 is 14.9 Å². The van der Waals surface area contributed by atoms with Crippen LogP contribution in [0.5, 0.6) is 0 Å². The summed E-state index contributed by atoms with van der Waals surface area (Å²) in [6.07, 6.45) is 0.385. The van der Waals surface area contributed by atoms with E-state index >= 15 is 0 Å². The summed E-state index contributed by atoms with van der Waals surface area (Å²) in [6, 6.07) is 18.1. The van der Waals surface area contributed by atoms with Crippen molar-refractivity contribution in [3.8, 4) is 11.1 Å². The molecule has 0 spiro atoms. The summed E-state index contributed by atoms with van der Waals surface area (Å²) in [6.45, 7) is 3.72. The van der Waals surface area contributed by atoms with Gasteiger partial charge in [-0.3, -0.25) is 9.59 Å². The first-order valence-electron chi connectivity index (χ1n) is 9.77. The van der Waals surface area contributed by atoms with E-state index in [1.165, 1.54) is 6.92 Å². The quantitative estimate of drug-likeness (QED) is 0.838. The first kappa shape index (κ1) is 20.1. The highest BCUT2D eigenvalue weighted by molar-refractivity contribution is 5.79. The van der Waals surface area contributed by atoms with Gasteiger partial charge in [-0.25, -0.2) is 0 Å². The topological polar surface area (TPSA) is 60.9 Å². The van der Waals surface area contributed by atoms with Crippen LogP contribution in [0.4, 0.5) is 0 Å². The van der Waals surface area contributed by atoms with E-state index in [0.29, 0.717) is 13.0 Å². The number of hydrogen-bond acceptors (Lipinski definition) is 3. The molecule has 5 heteroatoms. The number of carbonyl (C=O) groups excluding carboxylic acids is 2. The van der Waals surface area contributed by atoms with E-state index < -0.39 is 0 Å². The molecule has 2 amide bonds. The molecule has 0 saturated carbocycles. The van der Waals surface area contributed by atoms with Crippen LogP contribution in [0.2, 0.25) is 0 Å². The van der Waals surface area contributed by atoms with Crippen LogP contribution in [-0.2, 0) is 9.59 Å². The van der Waals surface area contributed by atoms with Crippen molar-refractivity contribution in [2.45, 2.75) is 38.3 Å². The van der Waals surface area contributed by atoms with Crippen molar-refractivity contribution in [2.24, 2.45) is 0 Å². The Bertz CT molecular complexity index is 820. The maximum absolute atomic E-state index is 12.5. The van der Waals surface area contributed by atoms with Crippen molar-refractivity contribution in [1.29, 1.82) is 0 Å². The summed E-state index contributed by atoms with van der Waals surface area (Å²) in [5.41, 5.74) is 3.36. The summed E-state index contributed by atoms with van der Waals surface area (Å²) < 4.78 is 0. The molecule has 0 bridgehead atoms. The van der Waals surface area contributed by atoms with Crippen molar-refractivity contribution in [2.75, 3.05) is 20.2 Å². The second-order valence-corrected chi connectivity index (χ2v) is 7.39. The van der Waals surface area contributed by atoms with E-state index in [2.05, 4.69) is 36.4 Å². The van der Waals surface area contributed by atoms with Gasteiger partial charge in [0, 0.05) is 32.9 Å². The number of amides is 2. The summed E-state index contributed by atoms with van der Waals surface area (Å²) in [7, 11) is 1.75. The van der Waals surface area contributed by atoms with Crippen LogP contribution in [0.25, 0.3) is 11.1 Å². The zero-order chi connectivity index (χ0) is 20.3. The number of likely N-dealkylation sites (N-methyl/N-ethyl adjacent to an activating group) is 1. The third-order valence-corrected chi connectivity index (χ3v) is 5.72. The molecule has 1 aliphatic rings. The van der Waals surface area contributed by atoms with Gasteiger partial charge in [0.05, 0.1) is 18.7 Å². The highest BCUT2D eigenvalue weighted by Crippen LogP contribution is 2.41. The lowest BCUT2D eigenvalue weighted by Gasteiger charge is -2.55. The average molecular weight is 380 g/mol. The molecule has 1 saturated heterocycles. The molecular formula is C23H28N2O3. The molecule has 0 unspecified atom stereocenters. The predicted octanol–water partition coefficient (Wildman–Crippen LogP) is 2.90. The second-order valence-electron chi connectivity index (χ2n) is 7.39. The first-order chi connectivity index (χ1) is 13.5. The number of rotatable bonds is 6. The van der Waals surface area contributed by atoms with E-state index in [-0.39, 0.29) is 36.4 Å². The Labute approximate surface area is 166 Å². The fourth-order valence-electron chi connectivity index (χ4n) is 4.08. The average Bonchev–Trinajstić information content (AvgIpc) is 2.71. The van der Waals surface area contributed by atoms with Crippen LogP contribution >= 0.6 is 0 Å². The molecule has 3 atom stereocenters. The van der Waals surface area contributed by atoms with Crippen LogP contribution < -0.4 is 0 Å². The number of hydrogen-bond donors (Lipinski definition) is 1. The van der Waals surface area contributed by atoms with Crippen LogP contribution in [0.3, 0.4) is 0 Å². The van der Waals surface area contributed by atoms with Crippen molar-refractivity contribution in [1.82, 2.24) is 9.80 Å². The van der Waals surface area contributed by atoms with Gasteiger partial charge >= 0.3 is 0 Å². The fraction of sp³-hybridized carbons (Fsp3) is 0.391. The highest BCUT2D eigenvalue weighted by Gasteiger charge is 2.50. The molecule has 0 radical (unpaired) electrons. The van der Waals surface area contributed by atoms with Gasteiger partial charge in [-0.15, -0.1) is 0 Å². The molecule has 1 aliphatic heterocycles. The Morgan fingerprint density at radius 2 is 1.61 bits per heavy atom. The number of aliphatic hydroxyl groups excluding tert-OH is 1. The third kappa shape index (κ3) is 3.80. The maximum Gasteiger partial charge on any atom is 0.222 e. The predicted molar refractivity (Wildman–Crippen MR) is 110 cm³/mol. The number of nitrogens with zero attached hydrogens (tertiary/aromatic N) is 2. The summed E-state index contributed by atoms with van der Waals surface area (Å²) >= 11 is 0. The zero-order valence-corrected chi connectivity index (χ0v) is 16.7. The van der Waals surface area contributed by atoms with Crippen molar-refractivity contribution in [3.05, 3.63) is 60.2 Å². The smallest absolute Gasteiger partial charge is 0.222 e. The van der Waals surface area contributed by atoms with Crippen LogP contribution in [-0.4, -0.2) is 59.0 Å². The molecule has 2 aromatic rings. The molecule has 0 aromatic heterocycles. The molecule has 28 heavy (non-hydrogen) atoms. The SMILES string of the molecule is CCC(=O)N1[C@H](CO)[C@@H](c2ccc(-c3ccccc3)cc2)[C@@H]1CN(C)C(C)=O. The van der Waals surface area contributed by atoms with Gasteiger partial charge in [0.25, 0.3) is 0 Å². The minimum absolute atomic E-state index is 0.00660. The second kappa shape index (κ2) is 8.57. The van der Waals surface area contributed by atoms with Gasteiger partial charge in [0.1, 0.15) is 0 Å². The Kier molecular flexibility index (Phi) is 6.15. The van der Waals surface area contributed by atoms with Crippen molar-refractivity contribution < 1.29 is 14.7 Å². The molecular weight excluding hydrogens is 352 g/mol. The van der Waals surface area contributed by atoms with Crippen LogP contribution in [0.15, 0.2) is 54.6 Å². The lowest BCUT2D eigenvalue weighted by Crippen LogP contribution is -2.68. The van der Waals surface area contributed by atoms with Crippen molar-refractivity contribution >= 4 is 11.8 Å². The molecule has 0 aliphatic carbocycles. The Balaban J connectivity index is 1.88. The maximum atomic E-state index is 12.5. The van der Waals surface area contributed by atoms with E-state index in [4.69, 9.17) is 0 Å². The summed E-state index contributed by atoms with van der Waals surface area (Å²) in [5, 5.41) is 9.95. The minimum atomic E-state index is -0.250. The Morgan fingerprint density at radius 3 is 2.14 bits per heavy atom. The van der Waals surface area contributed by atoms with Gasteiger partial charge in [0.15, 0.2) is 0 Å². The first-order valence-corrected chi connectivity index (χ1v) is 9.77. The van der Waals surface area contributed by atoms with Gasteiger partial charge in [-0.1, -0.05) is 61.5 Å². The monoisotopic (exact) mass is 380 g/mol. The number of benzene rings is 2. The molecule has 1 N–H and O–H groups in total. The Morgan fingerprint density at radius 1 is 1.00 bits per heavy atom. The van der Waals surface area contributed by atoms with Crippen LogP contribution in [0.1, 0.15) is 31.7 Å². The van der Waals surface area contributed by atoms with Gasteiger partial charge in [0.2, 0.25) is 11.8 Å². The van der Waals surface area contributed by atoms with E-state index in [1.807, 2.05) is 25.1 Å². The van der Waals surface area contributed by atoms with Gasteiger partial charge in [-0.2, -0.15) is 0 Å². The lowest BCUT2D eigenvalue weighted by atomic mass is 9.74. The van der Waals surface area contributed by atoms with Crippen molar-refractivity contribution in [3.63, 3.8) is 0 Å². The summed E-state index contributed by atoms with van der Waals surface area (Å²) in [5.74, 6) is -0.0141. The largest absolute Gasteiger partial charge is 0.394 e. The summed E-state index contributed by atoms with van der Waals surface area (Å²) in [4.78, 5) is 27.6. The Hall–Kier alpha value is -2.66. The molecule has 148 valence electrons. The molecule has 1 heterocycles. The highest BCUT2D eigenvalue weighted by atomic mass is 16.3. The third-order valence-electron chi connectivity index (χ3n) is 5.72.